The van der Waals surface area contributed by atoms with Crippen LogP contribution in [0.5, 0.6) is 0 Å². The average molecular weight is 268 g/mol. The van der Waals surface area contributed by atoms with Gasteiger partial charge < -0.3 is 10.8 Å². The Morgan fingerprint density at radius 1 is 1.50 bits per heavy atom. The van der Waals surface area contributed by atoms with E-state index >= 15 is 0 Å². The number of hydrogen-bond acceptors (Lipinski definition) is 4. The predicted molar refractivity (Wildman–Crippen MR) is 75.7 cm³/mol. The molecule has 1 aliphatic rings. The minimum Gasteiger partial charge on any atom is -0.392 e. The van der Waals surface area contributed by atoms with Crippen molar-refractivity contribution < 1.29 is 5.11 Å². The van der Waals surface area contributed by atoms with Gasteiger partial charge in [-0.1, -0.05) is 13.8 Å². The Morgan fingerprint density at radius 2 is 2.22 bits per heavy atom. The number of rotatable bonds is 4. The summed E-state index contributed by atoms with van der Waals surface area (Å²) in [6.45, 7) is 6.92. The maximum Gasteiger partial charge on any atom is 0.0797 e. The van der Waals surface area contributed by atoms with E-state index in [1.54, 1.807) is 11.3 Å². The summed E-state index contributed by atoms with van der Waals surface area (Å²) in [6.07, 6.45) is 3.77. The second kappa shape index (κ2) is 4.91. The number of hydrogen-bond donors (Lipinski definition) is 2. The first-order valence-corrected chi connectivity index (χ1v) is 7.56. The van der Waals surface area contributed by atoms with Gasteiger partial charge >= 0.3 is 0 Å². The fourth-order valence-corrected chi connectivity index (χ4v) is 3.96. The average Bonchev–Trinajstić information content (AvgIpc) is 2.83. The predicted octanol–water partition coefficient (Wildman–Crippen LogP) is 2.51. The molecule has 3 N–H and O–H groups in total. The van der Waals surface area contributed by atoms with Crippen molar-refractivity contribution in [3.8, 4) is 0 Å². The smallest absolute Gasteiger partial charge is 0.0797 e. The lowest BCUT2D eigenvalue weighted by Gasteiger charge is -2.36. The SMILES string of the molecule is Cc1ncsc1CCC1(CN)CCC(C)(C)C1O. The third-order valence-electron chi connectivity index (χ3n) is 4.69. The van der Waals surface area contributed by atoms with Crippen molar-refractivity contribution >= 4 is 11.3 Å². The minimum absolute atomic E-state index is 0.00210. The highest BCUT2D eigenvalue weighted by Gasteiger charge is 2.50. The molecule has 0 aliphatic heterocycles. The first-order valence-electron chi connectivity index (χ1n) is 6.68. The molecule has 1 aliphatic carbocycles. The molecule has 0 amide bonds. The van der Waals surface area contributed by atoms with Crippen LogP contribution in [0, 0.1) is 17.8 Å². The van der Waals surface area contributed by atoms with Crippen LogP contribution in [-0.2, 0) is 6.42 Å². The zero-order valence-electron chi connectivity index (χ0n) is 11.6. The monoisotopic (exact) mass is 268 g/mol. The molecule has 0 saturated heterocycles. The number of aliphatic hydroxyl groups is 1. The van der Waals surface area contributed by atoms with E-state index in [4.69, 9.17) is 5.73 Å². The number of thiazole rings is 1. The van der Waals surface area contributed by atoms with Gasteiger partial charge in [0.2, 0.25) is 0 Å². The Morgan fingerprint density at radius 3 is 2.67 bits per heavy atom. The lowest BCUT2D eigenvalue weighted by Crippen LogP contribution is -2.43. The summed E-state index contributed by atoms with van der Waals surface area (Å²) in [7, 11) is 0. The lowest BCUT2D eigenvalue weighted by molar-refractivity contribution is -0.00883. The molecule has 0 aromatic carbocycles. The largest absolute Gasteiger partial charge is 0.392 e. The maximum absolute atomic E-state index is 10.6. The molecule has 2 unspecified atom stereocenters. The highest BCUT2D eigenvalue weighted by atomic mass is 32.1. The molecule has 4 heteroatoms. The van der Waals surface area contributed by atoms with E-state index in [9.17, 15) is 5.11 Å². The van der Waals surface area contributed by atoms with Crippen molar-refractivity contribution in [1.82, 2.24) is 4.98 Å². The molecular formula is C14H24N2OS. The van der Waals surface area contributed by atoms with Gasteiger partial charge in [-0.15, -0.1) is 11.3 Å². The summed E-state index contributed by atoms with van der Waals surface area (Å²) in [6, 6.07) is 0. The van der Waals surface area contributed by atoms with Gasteiger partial charge in [-0.25, -0.2) is 4.98 Å². The van der Waals surface area contributed by atoms with Crippen LogP contribution in [-0.4, -0.2) is 22.7 Å². The van der Waals surface area contributed by atoms with Crippen molar-refractivity contribution in [2.45, 2.75) is 52.6 Å². The van der Waals surface area contributed by atoms with Crippen LogP contribution < -0.4 is 5.73 Å². The molecule has 102 valence electrons. The fraction of sp³-hybridized carbons (Fsp3) is 0.786. The highest BCUT2D eigenvalue weighted by molar-refractivity contribution is 7.09. The first kappa shape index (κ1) is 14.0. The molecule has 3 nitrogen and oxygen atoms in total. The molecule has 18 heavy (non-hydrogen) atoms. The zero-order valence-corrected chi connectivity index (χ0v) is 12.4. The Hall–Kier alpha value is -0.450. The standard InChI is InChI=1S/C14H24N2OS/c1-10-11(18-9-16-10)4-5-14(8-15)7-6-13(2,3)12(14)17/h9,12,17H,4-8,15H2,1-3H3. The quantitative estimate of drug-likeness (QED) is 0.882. The number of aromatic nitrogens is 1. The van der Waals surface area contributed by atoms with Crippen LogP contribution >= 0.6 is 11.3 Å². The molecule has 2 rings (SSSR count). The van der Waals surface area contributed by atoms with Gasteiger partial charge in [0.05, 0.1) is 17.3 Å². The number of aryl methyl sites for hydroxylation is 2. The van der Waals surface area contributed by atoms with Gasteiger partial charge in [-0.2, -0.15) is 0 Å². The van der Waals surface area contributed by atoms with Crippen LogP contribution in [0.3, 0.4) is 0 Å². The zero-order chi connectivity index (χ0) is 13.4. The van der Waals surface area contributed by atoms with E-state index < -0.39 is 0 Å². The summed E-state index contributed by atoms with van der Waals surface area (Å²) < 4.78 is 0. The Kier molecular flexibility index (Phi) is 3.81. The Labute approximate surface area is 113 Å². The molecular weight excluding hydrogens is 244 g/mol. The summed E-state index contributed by atoms with van der Waals surface area (Å²) >= 11 is 1.71. The molecule has 0 radical (unpaired) electrons. The Balaban J connectivity index is 2.08. The Bertz CT molecular complexity index is 416. The maximum atomic E-state index is 10.6. The van der Waals surface area contributed by atoms with E-state index in [1.807, 2.05) is 5.51 Å². The summed E-state index contributed by atoms with van der Waals surface area (Å²) in [5.74, 6) is 0. The third kappa shape index (κ3) is 2.33. The van der Waals surface area contributed by atoms with E-state index in [0.29, 0.717) is 6.54 Å². The minimum atomic E-state index is -0.289. The lowest BCUT2D eigenvalue weighted by atomic mass is 9.75. The second-order valence-electron chi connectivity index (χ2n) is 6.32. The van der Waals surface area contributed by atoms with Gasteiger partial charge in [0, 0.05) is 16.8 Å². The van der Waals surface area contributed by atoms with Crippen LogP contribution in [0.4, 0.5) is 0 Å². The van der Waals surface area contributed by atoms with Crippen molar-refractivity contribution in [1.29, 1.82) is 0 Å². The second-order valence-corrected chi connectivity index (χ2v) is 7.26. The molecule has 1 saturated carbocycles. The molecule has 1 heterocycles. The summed E-state index contributed by atoms with van der Waals surface area (Å²) in [5, 5.41) is 10.6. The number of nitrogens with zero attached hydrogens (tertiary/aromatic N) is 1. The molecule has 2 atom stereocenters. The normalized spacial score (nSPS) is 30.8. The van der Waals surface area contributed by atoms with Gasteiger partial charge in [-0.05, 0) is 38.0 Å². The summed E-state index contributed by atoms with van der Waals surface area (Å²) in [4.78, 5) is 5.62. The van der Waals surface area contributed by atoms with Crippen molar-refractivity contribution in [2.75, 3.05) is 6.54 Å². The van der Waals surface area contributed by atoms with Crippen LogP contribution in [0.1, 0.15) is 43.7 Å². The first-order chi connectivity index (χ1) is 8.41. The van der Waals surface area contributed by atoms with Crippen LogP contribution in [0.15, 0.2) is 5.51 Å². The van der Waals surface area contributed by atoms with E-state index in [0.717, 1.165) is 31.4 Å². The molecule has 0 bridgehead atoms. The molecule has 1 fully saturated rings. The van der Waals surface area contributed by atoms with E-state index in [-0.39, 0.29) is 16.9 Å². The number of aliphatic hydroxyl groups excluding tert-OH is 1. The van der Waals surface area contributed by atoms with E-state index in [2.05, 4.69) is 25.8 Å². The van der Waals surface area contributed by atoms with Gasteiger partial charge in [0.15, 0.2) is 0 Å². The van der Waals surface area contributed by atoms with E-state index in [1.165, 1.54) is 4.88 Å². The molecule has 1 aromatic heterocycles. The summed E-state index contributed by atoms with van der Waals surface area (Å²) in [5.41, 5.74) is 8.91. The van der Waals surface area contributed by atoms with Crippen molar-refractivity contribution in [3.63, 3.8) is 0 Å². The van der Waals surface area contributed by atoms with Crippen molar-refractivity contribution in [2.24, 2.45) is 16.6 Å². The van der Waals surface area contributed by atoms with Crippen molar-refractivity contribution in [3.05, 3.63) is 16.1 Å². The number of nitrogens with two attached hydrogens (primary N) is 1. The fourth-order valence-electron chi connectivity index (χ4n) is 3.18. The molecule has 0 spiro atoms. The topological polar surface area (TPSA) is 59.1 Å². The van der Waals surface area contributed by atoms with Crippen LogP contribution in [0.2, 0.25) is 0 Å². The van der Waals surface area contributed by atoms with Gasteiger partial charge in [0.1, 0.15) is 0 Å². The van der Waals surface area contributed by atoms with Gasteiger partial charge in [-0.3, -0.25) is 0 Å². The van der Waals surface area contributed by atoms with Gasteiger partial charge in [0.25, 0.3) is 0 Å². The highest BCUT2D eigenvalue weighted by Crippen LogP contribution is 2.51. The third-order valence-corrected chi connectivity index (χ3v) is 5.68. The van der Waals surface area contributed by atoms with Crippen LogP contribution in [0.25, 0.3) is 0 Å². The molecule has 1 aromatic rings.